The second-order valence-electron chi connectivity index (χ2n) is 5.96. The Hall–Kier alpha value is -1.83. The van der Waals surface area contributed by atoms with E-state index in [1.54, 1.807) is 23.3 Å². The highest BCUT2D eigenvalue weighted by Crippen LogP contribution is 2.35. The van der Waals surface area contributed by atoms with Crippen LogP contribution in [0, 0.1) is 0 Å². The number of carbonyl (C=O) groups is 1. The first-order valence-electron chi connectivity index (χ1n) is 8.71. The van der Waals surface area contributed by atoms with Crippen molar-refractivity contribution in [3.8, 4) is 11.5 Å². The van der Waals surface area contributed by atoms with Gasteiger partial charge in [0.25, 0.3) is 5.91 Å². The van der Waals surface area contributed by atoms with Crippen LogP contribution < -0.4 is 9.47 Å². The van der Waals surface area contributed by atoms with Gasteiger partial charge in [-0.15, -0.1) is 11.3 Å². The van der Waals surface area contributed by atoms with Crippen molar-refractivity contribution in [3.63, 3.8) is 0 Å². The Morgan fingerprint density at radius 3 is 2.81 bits per heavy atom. The predicted molar refractivity (Wildman–Crippen MR) is 116 cm³/mol. The smallest absolute Gasteiger partial charge is 0.266 e. The topological polar surface area (TPSA) is 38.8 Å². The highest BCUT2D eigenvalue weighted by atomic mass is 32.2. The lowest BCUT2D eigenvalue weighted by Gasteiger charge is -2.12. The number of thioether (sulfide) groups is 1. The Morgan fingerprint density at radius 2 is 2.11 bits per heavy atom. The Bertz CT molecular complexity index is 846. The molecule has 4 nitrogen and oxygen atoms in total. The molecule has 0 aliphatic carbocycles. The van der Waals surface area contributed by atoms with Crippen LogP contribution in [-0.4, -0.2) is 28.8 Å². The molecular weight excluding hydrogens is 398 g/mol. The minimum absolute atomic E-state index is 0.0550. The summed E-state index contributed by atoms with van der Waals surface area (Å²) in [6, 6.07) is 9.67. The molecule has 0 spiro atoms. The van der Waals surface area contributed by atoms with Crippen LogP contribution in [0.15, 0.2) is 40.6 Å². The lowest BCUT2D eigenvalue weighted by Crippen LogP contribution is -2.26. The summed E-state index contributed by atoms with van der Waals surface area (Å²) in [7, 11) is 1.62. The third-order valence-corrected chi connectivity index (χ3v) is 6.25. The summed E-state index contributed by atoms with van der Waals surface area (Å²) in [5.74, 6) is 1.32. The van der Waals surface area contributed by atoms with Crippen LogP contribution in [0.25, 0.3) is 6.08 Å². The molecule has 1 fully saturated rings. The number of rotatable bonds is 8. The maximum atomic E-state index is 12.7. The van der Waals surface area contributed by atoms with Gasteiger partial charge in [-0.3, -0.25) is 9.69 Å². The Kier molecular flexibility index (Phi) is 6.93. The van der Waals surface area contributed by atoms with E-state index in [1.165, 1.54) is 11.8 Å². The number of benzene rings is 1. The molecule has 2 aromatic rings. The van der Waals surface area contributed by atoms with Crippen LogP contribution in [0.4, 0.5) is 0 Å². The average Bonchev–Trinajstić information content (AvgIpc) is 3.27. The molecule has 7 heteroatoms. The van der Waals surface area contributed by atoms with Gasteiger partial charge in [0.2, 0.25) is 0 Å². The van der Waals surface area contributed by atoms with Crippen LogP contribution in [0.5, 0.6) is 11.5 Å². The molecule has 0 radical (unpaired) electrons. The zero-order valence-electron chi connectivity index (χ0n) is 15.3. The van der Waals surface area contributed by atoms with Gasteiger partial charge in [0, 0.05) is 4.88 Å². The molecule has 1 aromatic carbocycles. The van der Waals surface area contributed by atoms with Crippen molar-refractivity contribution < 1.29 is 14.3 Å². The number of carbonyl (C=O) groups excluding carboxylic acids is 1. The Labute approximate surface area is 173 Å². The third-order valence-electron chi connectivity index (χ3n) is 4.01. The van der Waals surface area contributed by atoms with Crippen LogP contribution >= 0.6 is 35.3 Å². The van der Waals surface area contributed by atoms with Crippen molar-refractivity contribution in [2.75, 3.05) is 13.7 Å². The van der Waals surface area contributed by atoms with E-state index in [0.29, 0.717) is 33.9 Å². The number of nitrogens with zero attached hydrogens (tertiary/aromatic N) is 1. The monoisotopic (exact) mass is 419 g/mol. The highest BCUT2D eigenvalue weighted by molar-refractivity contribution is 8.26. The van der Waals surface area contributed by atoms with Crippen molar-refractivity contribution in [3.05, 3.63) is 51.1 Å². The molecule has 1 aliphatic rings. The number of amides is 1. The van der Waals surface area contributed by atoms with Gasteiger partial charge in [-0.05, 0) is 41.6 Å². The van der Waals surface area contributed by atoms with Crippen LogP contribution in [0.1, 0.15) is 30.2 Å². The maximum absolute atomic E-state index is 12.7. The lowest BCUT2D eigenvalue weighted by atomic mass is 10.2. The normalized spacial score (nSPS) is 15.6. The number of methoxy groups -OCH3 is 1. The van der Waals surface area contributed by atoms with Gasteiger partial charge >= 0.3 is 0 Å². The summed E-state index contributed by atoms with van der Waals surface area (Å²) >= 11 is 8.36. The zero-order valence-corrected chi connectivity index (χ0v) is 17.7. The fraction of sp³-hybridized carbons (Fsp3) is 0.300. The van der Waals surface area contributed by atoms with Crippen LogP contribution in [0.2, 0.25) is 0 Å². The second kappa shape index (κ2) is 9.39. The molecule has 0 N–H and O–H groups in total. The first-order chi connectivity index (χ1) is 13.1. The summed E-state index contributed by atoms with van der Waals surface area (Å²) < 4.78 is 11.8. The molecular formula is C20H21NO3S3. The Balaban J connectivity index is 1.75. The molecule has 0 unspecified atom stereocenters. The van der Waals surface area contributed by atoms with Gasteiger partial charge in [0.05, 0.1) is 25.2 Å². The lowest BCUT2D eigenvalue weighted by molar-refractivity contribution is -0.122. The van der Waals surface area contributed by atoms with Gasteiger partial charge in [0.15, 0.2) is 11.5 Å². The maximum Gasteiger partial charge on any atom is 0.266 e. The quantitative estimate of drug-likeness (QED) is 0.328. The molecule has 142 valence electrons. The Morgan fingerprint density at radius 1 is 1.26 bits per heavy atom. The van der Waals surface area contributed by atoms with Crippen LogP contribution in [-0.2, 0) is 11.3 Å². The standard InChI is InChI=1S/C20H21NO3S3/c1-3-4-9-24-16-8-7-14(11-17(16)23-2)12-18-19(22)21(20(25)27-18)13-15-6-5-10-26-15/h5-8,10-12H,3-4,9,13H2,1-2H3/b18-12-. The number of hydrogen-bond acceptors (Lipinski definition) is 6. The second-order valence-corrected chi connectivity index (χ2v) is 8.67. The van der Waals surface area contributed by atoms with E-state index in [0.717, 1.165) is 23.3 Å². The molecule has 0 bridgehead atoms. The average molecular weight is 420 g/mol. The van der Waals surface area contributed by atoms with Crippen molar-refractivity contribution >= 4 is 51.6 Å². The molecule has 1 aromatic heterocycles. The fourth-order valence-electron chi connectivity index (χ4n) is 2.57. The molecule has 2 heterocycles. The summed E-state index contributed by atoms with van der Waals surface area (Å²) in [5, 5.41) is 2.00. The van der Waals surface area contributed by atoms with E-state index in [2.05, 4.69) is 6.92 Å². The molecule has 1 aliphatic heterocycles. The van der Waals surface area contributed by atoms with Crippen molar-refractivity contribution in [1.82, 2.24) is 4.90 Å². The van der Waals surface area contributed by atoms with E-state index in [-0.39, 0.29) is 5.91 Å². The highest BCUT2D eigenvalue weighted by Gasteiger charge is 2.32. The fourth-order valence-corrected chi connectivity index (χ4v) is 4.51. The summed E-state index contributed by atoms with van der Waals surface area (Å²) in [6.45, 7) is 3.30. The molecule has 3 rings (SSSR count). The van der Waals surface area contributed by atoms with E-state index in [4.69, 9.17) is 21.7 Å². The minimum atomic E-state index is -0.0550. The van der Waals surface area contributed by atoms with E-state index < -0.39 is 0 Å². The molecule has 1 saturated heterocycles. The number of hydrogen-bond donors (Lipinski definition) is 0. The van der Waals surface area contributed by atoms with Gasteiger partial charge in [-0.2, -0.15) is 0 Å². The van der Waals surface area contributed by atoms with Crippen LogP contribution in [0.3, 0.4) is 0 Å². The first kappa shape index (κ1) is 19.9. The SMILES string of the molecule is CCCCOc1ccc(/C=C2\SC(=S)N(Cc3cccs3)C2=O)cc1OC. The molecule has 1 amide bonds. The predicted octanol–water partition coefficient (Wildman–Crippen LogP) is 5.34. The largest absolute Gasteiger partial charge is 0.493 e. The first-order valence-corrected chi connectivity index (χ1v) is 10.8. The van der Waals surface area contributed by atoms with E-state index in [9.17, 15) is 4.79 Å². The molecule has 27 heavy (non-hydrogen) atoms. The molecule has 0 saturated carbocycles. The van der Waals surface area contributed by atoms with E-state index >= 15 is 0 Å². The van der Waals surface area contributed by atoms with Crippen molar-refractivity contribution in [2.45, 2.75) is 26.3 Å². The summed E-state index contributed by atoms with van der Waals surface area (Å²) in [5.41, 5.74) is 0.881. The molecule has 0 atom stereocenters. The minimum Gasteiger partial charge on any atom is -0.493 e. The van der Waals surface area contributed by atoms with Gasteiger partial charge in [0.1, 0.15) is 4.32 Å². The zero-order chi connectivity index (χ0) is 19.2. The van der Waals surface area contributed by atoms with Gasteiger partial charge in [-0.1, -0.05) is 49.5 Å². The van der Waals surface area contributed by atoms with Gasteiger partial charge in [-0.25, -0.2) is 0 Å². The number of unbranched alkanes of at least 4 members (excludes halogenated alkanes) is 1. The van der Waals surface area contributed by atoms with Crippen molar-refractivity contribution in [2.24, 2.45) is 0 Å². The number of thiophene rings is 1. The van der Waals surface area contributed by atoms with Gasteiger partial charge < -0.3 is 9.47 Å². The summed E-state index contributed by atoms with van der Waals surface area (Å²) in [4.78, 5) is 16.1. The van der Waals surface area contributed by atoms with Crippen molar-refractivity contribution in [1.29, 1.82) is 0 Å². The summed E-state index contributed by atoms with van der Waals surface area (Å²) in [6.07, 6.45) is 3.93. The number of ether oxygens (including phenoxy) is 2. The third kappa shape index (κ3) is 4.91. The van der Waals surface area contributed by atoms with E-state index in [1.807, 2.05) is 41.8 Å². The number of thiocarbonyl (C=S) groups is 1.